The number of aromatic nitrogens is 1. The Balaban J connectivity index is 1.28. The Morgan fingerprint density at radius 2 is 1.92 bits per heavy atom. The third-order valence-electron chi connectivity index (χ3n) is 4.33. The second-order valence-corrected chi connectivity index (χ2v) is 6.49. The highest BCUT2D eigenvalue weighted by Crippen LogP contribution is 2.09. The fraction of sp³-hybridized carbons (Fsp3) is 0.474. The van der Waals surface area contributed by atoms with Gasteiger partial charge >= 0.3 is 0 Å². The lowest BCUT2D eigenvalue weighted by Gasteiger charge is -2.33. The Morgan fingerprint density at radius 1 is 1.19 bits per heavy atom. The second kappa shape index (κ2) is 9.35. The Hall–Kier alpha value is -2.38. The van der Waals surface area contributed by atoms with Gasteiger partial charge in [-0.2, -0.15) is 0 Å². The summed E-state index contributed by atoms with van der Waals surface area (Å²) in [6, 6.07) is 11.6. The van der Waals surface area contributed by atoms with Crippen LogP contribution in [0.3, 0.4) is 0 Å². The zero-order valence-corrected chi connectivity index (χ0v) is 15.2. The van der Waals surface area contributed by atoms with Gasteiger partial charge in [0.2, 0.25) is 5.91 Å². The maximum Gasteiger partial charge on any atom is 0.234 e. The number of aryl methyl sites for hydroxylation is 1. The summed E-state index contributed by atoms with van der Waals surface area (Å²) >= 11 is 0. The number of ether oxygens (including phenoxy) is 1. The summed E-state index contributed by atoms with van der Waals surface area (Å²) in [5.74, 6) is 1.70. The van der Waals surface area contributed by atoms with Crippen molar-refractivity contribution in [3.63, 3.8) is 0 Å². The van der Waals surface area contributed by atoms with Crippen LogP contribution in [0.2, 0.25) is 0 Å². The number of para-hydroxylation sites is 1. The van der Waals surface area contributed by atoms with Crippen LogP contribution in [-0.4, -0.2) is 66.7 Å². The van der Waals surface area contributed by atoms with Crippen LogP contribution in [0.25, 0.3) is 0 Å². The van der Waals surface area contributed by atoms with Crippen molar-refractivity contribution in [3.05, 3.63) is 47.9 Å². The van der Waals surface area contributed by atoms with Crippen LogP contribution in [0.4, 0.5) is 0 Å². The number of carbonyl (C=O) groups excluding carboxylic acids is 1. The number of nitrogens with zero attached hydrogens (tertiary/aromatic N) is 3. The molecular formula is C19H26N4O3. The predicted molar refractivity (Wildman–Crippen MR) is 97.9 cm³/mol. The lowest BCUT2D eigenvalue weighted by Crippen LogP contribution is -2.49. The summed E-state index contributed by atoms with van der Waals surface area (Å²) in [6.07, 6.45) is 0. The van der Waals surface area contributed by atoms with Gasteiger partial charge in [0.1, 0.15) is 18.1 Å². The molecule has 2 heterocycles. The smallest absolute Gasteiger partial charge is 0.234 e. The van der Waals surface area contributed by atoms with E-state index < -0.39 is 0 Å². The molecule has 7 heteroatoms. The molecule has 3 rings (SSSR count). The van der Waals surface area contributed by atoms with E-state index in [2.05, 4.69) is 20.3 Å². The van der Waals surface area contributed by atoms with Crippen LogP contribution in [0, 0.1) is 6.92 Å². The topological polar surface area (TPSA) is 70.8 Å². The van der Waals surface area contributed by atoms with Crippen LogP contribution in [-0.2, 0) is 11.3 Å². The van der Waals surface area contributed by atoms with Gasteiger partial charge < -0.3 is 14.6 Å². The maximum absolute atomic E-state index is 12.1. The fourth-order valence-electron chi connectivity index (χ4n) is 2.96. The van der Waals surface area contributed by atoms with Crippen LogP contribution in [0.1, 0.15) is 11.5 Å². The van der Waals surface area contributed by atoms with E-state index in [-0.39, 0.29) is 5.91 Å². The molecule has 1 fully saturated rings. The largest absolute Gasteiger partial charge is 0.492 e. The molecule has 1 aromatic heterocycles. The second-order valence-electron chi connectivity index (χ2n) is 6.49. The molecule has 1 aliphatic rings. The molecule has 1 aromatic carbocycles. The van der Waals surface area contributed by atoms with Crippen molar-refractivity contribution in [2.75, 3.05) is 45.9 Å². The highest BCUT2D eigenvalue weighted by molar-refractivity contribution is 5.78. The molecule has 0 unspecified atom stereocenters. The van der Waals surface area contributed by atoms with Gasteiger partial charge in [-0.3, -0.25) is 14.6 Å². The van der Waals surface area contributed by atoms with Gasteiger partial charge in [-0.05, 0) is 19.1 Å². The van der Waals surface area contributed by atoms with E-state index in [1.165, 1.54) is 0 Å². The molecule has 0 aliphatic carbocycles. The third-order valence-corrected chi connectivity index (χ3v) is 4.33. The van der Waals surface area contributed by atoms with Gasteiger partial charge in [-0.25, -0.2) is 0 Å². The van der Waals surface area contributed by atoms with E-state index in [4.69, 9.17) is 9.26 Å². The number of carbonyl (C=O) groups is 1. The molecule has 140 valence electrons. The van der Waals surface area contributed by atoms with Gasteiger partial charge in [0.15, 0.2) is 0 Å². The Labute approximate surface area is 153 Å². The van der Waals surface area contributed by atoms with E-state index in [1.54, 1.807) is 0 Å². The van der Waals surface area contributed by atoms with Crippen molar-refractivity contribution in [2.45, 2.75) is 13.5 Å². The third kappa shape index (κ3) is 5.86. The number of rotatable bonds is 8. The Kier molecular flexibility index (Phi) is 6.62. The van der Waals surface area contributed by atoms with Gasteiger partial charge in [-0.1, -0.05) is 23.4 Å². The van der Waals surface area contributed by atoms with Crippen molar-refractivity contribution in [2.24, 2.45) is 0 Å². The number of nitrogens with one attached hydrogen (secondary N) is 1. The van der Waals surface area contributed by atoms with Gasteiger partial charge in [0.25, 0.3) is 0 Å². The van der Waals surface area contributed by atoms with Gasteiger partial charge in [-0.15, -0.1) is 0 Å². The molecule has 1 N–H and O–H groups in total. The number of piperazine rings is 1. The molecule has 1 saturated heterocycles. The monoisotopic (exact) mass is 358 g/mol. The molecule has 26 heavy (non-hydrogen) atoms. The van der Waals surface area contributed by atoms with E-state index in [9.17, 15) is 4.79 Å². The lowest BCUT2D eigenvalue weighted by atomic mass is 10.2. The van der Waals surface area contributed by atoms with Crippen molar-refractivity contribution in [1.29, 1.82) is 0 Å². The van der Waals surface area contributed by atoms with Crippen molar-refractivity contribution in [1.82, 2.24) is 20.3 Å². The molecule has 0 saturated carbocycles. The average molecular weight is 358 g/mol. The van der Waals surface area contributed by atoms with Crippen LogP contribution >= 0.6 is 0 Å². The highest BCUT2D eigenvalue weighted by Gasteiger charge is 2.19. The summed E-state index contributed by atoms with van der Waals surface area (Å²) in [6.45, 7) is 7.73. The van der Waals surface area contributed by atoms with E-state index in [0.717, 1.165) is 49.9 Å². The van der Waals surface area contributed by atoms with Crippen LogP contribution in [0.15, 0.2) is 40.9 Å². The molecule has 7 nitrogen and oxygen atoms in total. The minimum Gasteiger partial charge on any atom is -0.492 e. The minimum atomic E-state index is 0.0437. The molecule has 0 spiro atoms. The number of benzene rings is 1. The lowest BCUT2D eigenvalue weighted by molar-refractivity contribution is -0.122. The standard InChI is InChI=1S/C19H26N4O3/c1-16-13-17(21-26-16)14-22-8-10-23(11-9-22)15-19(24)20-7-12-25-18-5-3-2-4-6-18/h2-6,13H,7-12,14-15H2,1H3,(H,20,24). The molecule has 1 amide bonds. The first-order valence-electron chi connectivity index (χ1n) is 9.00. The molecule has 0 atom stereocenters. The molecule has 0 radical (unpaired) electrons. The molecule has 2 aromatic rings. The minimum absolute atomic E-state index is 0.0437. The van der Waals surface area contributed by atoms with Crippen molar-refractivity contribution in [3.8, 4) is 5.75 Å². The fourth-order valence-corrected chi connectivity index (χ4v) is 2.96. The highest BCUT2D eigenvalue weighted by atomic mass is 16.5. The maximum atomic E-state index is 12.1. The van der Waals surface area contributed by atoms with E-state index in [1.807, 2.05) is 43.3 Å². The Morgan fingerprint density at radius 3 is 2.62 bits per heavy atom. The van der Waals surface area contributed by atoms with E-state index >= 15 is 0 Å². The van der Waals surface area contributed by atoms with Crippen molar-refractivity contribution < 1.29 is 14.1 Å². The quantitative estimate of drug-likeness (QED) is 0.717. The SMILES string of the molecule is Cc1cc(CN2CCN(CC(=O)NCCOc3ccccc3)CC2)no1. The number of amides is 1. The summed E-state index contributed by atoms with van der Waals surface area (Å²) in [5.41, 5.74) is 0.965. The van der Waals surface area contributed by atoms with Gasteiger partial charge in [0.05, 0.1) is 18.8 Å². The summed E-state index contributed by atoms with van der Waals surface area (Å²) in [4.78, 5) is 16.6. The Bertz CT molecular complexity index is 681. The molecule has 1 aliphatic heterocycles. The van der Waals surface area contributed by atoms with Crippen LogP contribution < -0.4 is 10.1 Å². The normalized spacial score (nSPS) is 15.7. The van der Waals surface area contributed by atoms with Gasteiger partial charge in [0, 0.05) is 38.8 Å². The summed E-state index contributed by atoms with van der Waals surface area (Å²) < 4.78 is 10.7. The van der Waals surface area contributed by atoms with Crippen LogP contribution in [0.5, 0.6) is 5.75 Å². The summed E-state index contributed by atoms with van der Waals surface area (Å²) in [5, 5.41) is 6.95. The first-order valence-corrected chi connectivity index (χ1v) is 9.00. The first kappa shape index (κ1) is 18.4. The van der Waals surface area contributed by atoms with Crippen molar-refractivity contribution >= 4 is 5.91 Å². The predicted octanol–water partition coefficient (Wildman–Crippen LogP) is 1.30. The van der Waals surface area contributed by atoms with E-state index in [0.29, 0.717) is 19.7 Å². The average Bonchev–Trinajstić information content (AvgIpc) is 3.06. The number of hydrogen-bond acceptors (Lipinski definition) is 6. The molecule has 0 bridgehead atoms. The number of hydrogen-bond donors (Lipinski definition) is 1. The summed E-state index contributed by atoms with van der Waals surface area (Å²) in [7, 11) is 0. The molecular weight excluding hydrogens is 332 g/mol. The zero-order chi connectivity index (χ0) is 18.2. The first-order chi connectivity index (χ1) is 12.7. The zero-order valence-electron chi connectivity index (χ0n) is 15.2.